The first-order valence-electron chi connectivity index (χ1n) is 4.97. The Morgan fingerprint density at radius 2 is 2.08 bits per heavy atom. The normalized spacial score (nSPS) is 18.8. The van der Waals surface area contributed by atoms with E-state index < -0.39 is 0 Å². The Morgan fingerprint density at radius 3 is 2.50 bits per heavy atom. The third-order valence-corrected chi connectivity index (χ3v) is 2.82. The van der Waals surface area contributed by atoms with Gasteiger partial charge >= 0.3 is 0 Å². The van der Waals surface area contributed by atoms with Crippen molar-refractivity contribution in [3.8, 4) is 0 Å². The van der Waals surface area contributed by atoms with E-state index in [-0.39, 0.29) is 11.3 Å². The molecule has 0 saturated heterocycles. The number of carbonyl (C=O) groups excluding carboxylic acids is 1. The molecular weight excluding hydrogens is 150 g/mol. The Labute approximate surface area is 74.7 Å². The lowest BCUT2D eigenvalue weighted by Crippen LogP contribution is -2.28. The summed E-state index contributed by atoms with van der Waals surface area (Å²) in [5, 5.41) is 2.76. The Morgan fingerprint density at radius 1 is 1.42 bits per heavy atom. The number of amides is 1. The van der Waals surface area contributed by atoms with E-state index in [1.165, 1.54) is 19.3 Å². The number of carbonyl (C=O) groups is 1. The maximum Gasteiger partial charge on any atom is 0.225 e. The number of nitrogens with one attached hydrogen (secondary N) is 1. The van der Waals surface area contributed by atoms with Crippen molar-refractivity contribution in [2.24, 2.45) is 5.41 Å². The molecule has 1 aliphatic rings. The van der Waals surface area contributed by atoms with Crippen molar-refractivity contribution in [2.75, 3.05) is 7.05 Å². The molecular formula is C10H19NO. The molecule has 1 rings (SSSR count). The summed E-state index contributed by atoms with van der Waals surface area (Å²) in [5.41, 5.74) is 0.0594. The van der Waals surface area contributed by atoms with Crippen molar-refractivity contribution >= 4 is 5.91 Å². The molecule has 0 bridgehead atoms. The first kappa shape index (κ1) is 9.56. The van der Waals surface area contributed by atoms with Crippen molar-refractivity contribution in [1.29, 1.82) is 0 Å². The molecule has 1 aliphatic carbocycles. The number of hydrogen-bond donors (Lipinski definition) is 1. The lowest BCUT2D eigenvalue weighted by Gasteiger charge is -2.12. The molecule has 1 amide bonds. The Balaban J connectivity index is 2.25. The van der Waals surface area contributed by atoms with Crippen molar-refractivity contribution in [1.82, 2.24) is 5.32 Å². The molecule has 0 spiro atoms. The maximum atomic E-state index is 11.4. The molecule has 1 saturated carbocycles. The molecule has 70 valence electrons. The fourth-order valence-electron chi connectivity index (χ4n) is 1.72. The highest BCUT2D eigenvalue weighted by molar-refractivity contribution is 5.84. The van der Waals surface area contributed by atoms with Crippen LogP contribution in [-0.2, 0) is 4.79 Å². The minimum absolute atomic E-state index is 0.0594. The topological polar surface area (TPSA) is 29.1 Å². The van der Waals surface area contributed by atoms with Gasteiger partial charge in [0.05, 0.1) is 0 Å². The lowest BCUT2D eigenvalue weighted by molar-refractivity contribution is -0.126. The largest absolute Gasteiger partial charge is 0.359 e. The van der Waals surface area contributed by atoms with Crippen LogP contribution in [0.25, 0.3) is 0 Å². The highest BCUT2D eigenvalue weighted by Crippen LogP contribution is 2.50. The molecule has 0 radical (unpaired) electrons. The van der Waals surface area contributed by atoms with Gasteiger partial charge in [-0.2, -0.15) is 0 Å². The standard InChI is InChI=1S/C10H19NO/c1-3-4-5-6-10(7-8-10)9(12)11-2/h3-8H2,1-2H3,(H,11,12). The molecule has 0 aromatic rings. The molecule has 2 heteroatoms. The van der Waals surface area contributed by atoms with E-state index in [1.807, 2.05) is 0 Å². The molecule has 1 fully saturated rings. The third-order valence-electron chi connectivity index (χ3n) is 2.82. The van der Waals surface area contributed by atoms with E-state index >= 15 is 0 Å². The van der Waals surface area contributed by atoms with Crippen LogP contribution < -0.4 is 5.32 Å². The summed E-state index contributed by atoms with van der Waals surface area (Å²) in [4.78, 5) is 11.4. The van der Waals surface area contributed by atoms with Crippen molar-refractivity contribution in [3.05, 3.63) is 0 Å². The van der Waals surface area contributed by atoms with Crippen LogP contribution in [0.1, 0.15) is 45.4 Å². The summed E-state index contributed by atoms with van der Waals surface area (Å²) in [5.74, 6) is 0.263. The van der Waals surface area contributed by atoms with Gasteiger partial charge in [0.25, 0.3) is 0 Å². The number of rotatable bonds is 5. The SMILES string of the molecule is CCCCCC1(C(=O)NC)CC1. The summed E-state index contributed by atoms with van der Waals surface area (Å²) >= 11 is 0. The van der Waals surface area contributed by atoms with Gasteiger partial charge in [0, 0.05) is 12.5 Å². The van der Waals surface area contributed by atoms with Gasteiger partial charge in [-0.1, -0.05) is 26.2 Å². The van der Waals surface area contributed by atoms with Crippen LogP contribution in [0.4, 0.5) is 0 Å². The van der Waals surface area contributed by atoms with Gasteiger partial charge in [-0.05, 0) is 19.3 Å². The summed E-state index contributed by atoms with van der Waals surface area (Å²) < 4.78 is 0. The van der Waals surface area contributed by atoms with E-state index in [0.29, 0.717) is 0 Å². The first-order chi connectivity index (χ1) is 5.75. The smallest absolute Gasteiger partial charge is 0.225 e. The average molecular weight is 169 g/mol. The fourth-order valence-corrected chi connectivity index (χ4v) is 1.72. The molecule has 0 heterocycles. The summed E-state index contributed by atoms with van der Waals surface area (Å²) in [6.45, 7) is 2.19. The van der Waals surface area contributed by atoms with Gasteiger partial charge in [0.15, 0.2) is 0 Å². The minimum atomic E-state index is 0.0594. The molecule has 1 N–H and O–H groups in total. The second kappa shape index (κ2) is 3.92. The predicted octanol–water partition coefficient (Wildman–Crippen LogP) is 2.09. The molecule has 0 atom stereocenters. The van der Waals surface area contributed by atoms with E-state index in [1.54, 1.807) is 7.05 Å². The van der Waals surface area contributed by atoms with Crippen LogP contribution in [0, 0.1) is 5.41 Å². The Bertz CT molecular complexity index is 161. The predicted molar refractivity (Wildman–Crippen MR) is 49.9 cm³/mol. The molecule has 0 aliphatic heterocycles. The number of unbranched alkanes of at least 4 members (excludes halogenated alkanes) is 2. The fraction of sp³-hybridized carbons (Fsp3) is 0.900. The van der Waals surface area contributed by atoms with Gasteiger partial charge in [-0.25, -0.2) is 0 Å². The van der Waals surface area contributed by atoms with E-state index in [0.717, 1.165) is 19.3 Å². The quantitative estimate of drug-likeness (QED) is 0.627. The van der Waals surface area contributed by atoms with Gasteiger partial charge in [-0.15, -0.1) is 0 Å². The molecule has 2 nitrogen and oxygen atoms in total. The van der Waals surface area contributed by atoms with Crippen LogP contribution in [0.15, 0.2) is 0 Å². The first-order valence-corrected chi connectivity index (χ1v) is 4.97. The number of hydrogen-bond acceptors (Lipinski definition) is 1. The van der Waals surface area contributed by atoms with Crippen molar-refractivity contribution in [2.45, 2.75) is 45.4 Å². The molecule has 0 aromatic carbocycles. The van der Waals surface area contributed by atoms with E-state index in [4.69, 9.17) is 0 Å². The van der Waals surface area contributed by atoms with Crippen LogP contribution in [0.5, 0.6) is 0 Å². The van der Waals surface area contributed by atoms with Gasteiger partial charge < -0.3 is 5.32 Å². The van der Waals surface area contributed by atoms with Crippen LogP contribution in [0.2, 0.25) is 0 Å². The zero-order valence-corrected chi connectivity index (χ0v) is 8.15. The highest BCUT2D eigenvalue weighted by atomic mass is 16.2. The van der Waals surface area contributed by atoms with Crippen molar-refractivity contribution < 1.29 is 4.79 Å². The second-order valence-corrected chi connectivity index (χ2v) is 3.82. The monoisotopic (exact) mass is 169 g/mol. The lowest BCUT2D eigenvalue weighted by atomic mass is 9.97. The average Bonchev–Trinajstić information content (AvgIpc) is 2.85. The zero-order chi connectivity index (χ0) is 9.03. The summed E-state index contributed by atoms with van der Waals surface area (Å²) in [6.07, 6.45) is 7.03. The Kier molecular flexibility index (Phi) is 3.12. The summed E-state index contributed by atoms with van der Waals surface area (Å²) in [6, 6.07) is 0. The van der Waals surface area contributed by atoms with Gasteiger partial charge in [0.1, 0.15) is 0 Å². The Hall–Kier alpha value is -0.530. The van der Waals surface area contributed by atoms with E-state index in [9.17, 15) is 4.79 Å². The van der Waals surface area contributed by atoms with E-state index in [2.05, 4.69) is 12.2 Å². The third kappa shape index (κ3) is 1.99. The van der Waals surface area contributed by atoms with Gasteiger partial charge in [0.2, 0.25) is 5.91 Å². The molecule has 0 aromatic heterocycles. The zero-order valence-electron chi connectivity index (χ0n) is 8.15. The minimum Gasteiger partial charge on any atom is -0.359 e. The van der Waals surface area contributed by atoms with Crippen LogP contribution >= 0.6 is 0 Å². The second-order valence-electron chi connectivity index (χ2n) is 3.82. The maximum absolute atomic E-state index is 11.4. The van der Waals surface area contributed by atoms with Crippen LogP contribution in [-0.4, -0.2) is 13.0 Å². The van der Waals surface area contributed by atoms with Gasteiger partial charge in [-0.3, -0.25) is 4.79 Å². The molecule has 0 unspecified atom stereocenters. The summed E-state index contributed by atoms with van der Waals surface area (Å²) in [7, 11) is 1.74. The highest BCUT2D eigenvalue weighted by Gasteiger charge is 2.48. The molecule has 12 heavy (non-hydrogen) atoms. The van der Waals surface area contributed by atoms with Crippen molar-refractivity contribution in [3.63, 3.8) is 0 Å². The van der Waals surface area contributed by atoms with Crippen LogP contribution in [0.3, 0.4) is 0 Å².